The van der Waals surface area contributed by atoms with E-state index in [4.69, 9.17) is 0 Å². The van der Waals surface area contributed by atoms with Crippen molar-refractivity contribution in [1.29, 1.82) is 0 Å². The number of nitrogens with one attached hydrogen (secondary N) is 1. The molecule has 0 radical (unpaired) electrons. The molecule has 1 aromatic rings. The molecule has 0 saturated carbocycles. The highest BCUT2D eigenvalue weighted by Crippen LogP contribution is 2.33. The number of alkyl halides is 1. The molecule has 1 heterocycles. The molecule has 1 fully saturated rings. The number of ether oxygens (including phenoxy) is 1. The van der Waals surface area contributed by atoms with Gasteiger partial charge in [-0.05, 0) is 57.9 Å². The summed E-state index contributed by atoms with van der Waals surface area (Å²) >= 11 is 3.35. The highest BCUT2D eigenvalue weighted by molar-refractivity contribution is 9.10. The van der Waals surface area contributed by atoms with Crippen molar-refractivity contribution in [3.8, 4) is 0 Å². The lowest BCUT2D eigenvalue weighted by Crippen LogP contribution is -2.39. The first-order valence-electron chi connectivity index (χ1n) is 7.04. The highest BCUT2D eigenvalue weighted by atomic mass is 79.9. The van der Waals surface area contributed by atoms with E-state index in [1.54, 1.807) is 0 Å². The van der Waals surface area contributed by atoms with E-state index in [1.807, 2.05) is 45.0 Å². The van der Waals surface area contributed by atoms with Crippen LogP contribution in [-0.2, 0) is 15.2 Å². The van der Waals surface area contributed by atoms with Gasteiger partial charge in [-0.2, -0.15) is 0 Å². The van der Waals surface area contributed by atoms with Crippen LogP contribution < -0.4 is 5.32 Å². The predicted molar refractivity (Wildman–Crippen MR) is 85.9 cm³/mol. The van der Waals surface area contributed by atoms with Crippen LogP contribution in [0.4, 0.5) is 4.39 Å². The van der Waals surface area contributed by atoms with Crippen LogP contribution in [0.1, 0.15) is 39.2 Å². The summed E-state index contributed by atoms with van der Waals surface area (Å²) in [5, 5.41) is 3.10. The molecule has 1 saturated heterocycles. The number of benzene rings is 1. The lowest BCUT2D eigenvalue weighted by atomic mass is 9.88. The zero-order valence-electron chi connectivity index (χ0n) is 12.8. The molecule has 0 amide bonds. The second-order valence-corrected chi connectivity index (χ2v) is 6.99. The Kier molecular flexibility index (Phi) is 6.81. The number of carbonyl (C=O) groups is 1. The van der Waals surface area contributed by atoms with Gasteiger partial charge in [0, 0.05) is 11.0 Å². The van der Waals surface area contributed by atoms with Crippen molar-refractivity contribution in [2.24, 2.45) is 0 Å². The maximum absolute atomic E-state index is 14.4. The van der Waals surface area contributed by atoms with Gasteiger partial charge in [0.2, 0.25) is 0 Å². The van der Waals surface area contributed by atoms with Crippen LogP contribution in [0, 0.1) is 0 Å². The zero-order chi connectivity index (χ0) is 15.9. The molecule has 2 rings (SSSR count). The van der Waals surface area contributed by atoms with Crippen molar-refractivity contribution in [1.82, 2.24) is 5.32 Å². The van der Waals surface area contributed by atoms with Crippen LogP contribution in [0.25, 0.3) is 0 Å². The minimum atomic E-state index is -1.17. The smallest absolute Gasteiger partial charge is 0.293 e. The van der Waals surface area contributed by atoms with Gasteiger partial charge in [0.05, 0.1) is 0 Å². The van der Waals surface area contributed by atoms with Gasteiger partial charge in [0.1, 0.15) is 11.3 Å². The molecule has 3 nitrogen and oxygen atoms in total. The van der Waals surface area contributed by atoms with E-state index in [-0.39, 0.29) is 5.60 Å². The molecule has 118 valence electrons. The third kappa shape index (κ3) is 6.57. The number of piperidine rings is 1. The summed E-state index contributed by atoms with van der Waals surface area (Å²) in [6.07, 6.45) is 1.54. The standard InChI is InChI=1S/C11H13BrFN.C5H10O2/c12-10-4-2-9(3-5-10)11(13)6-1-7-14-8-11;1-5(2,3)7-4-6/h2-5,14H,1,6-8H2;4H,1-3H3. The topological polar surface area (TPSA) is 38.3 Å². The Hall–Kier alpha value is -0.940. The Morgan fingerprint density at radius 2 is 1.95 bits per heavy atom. The molecule has 1 aromatic carbocycles. The molecule has 1 aliphatic heterocycles. The first-order valence-corrected chi connectivity index (χ1v) is 7.83. The lowest BCUT2D eigenvalue weighted by Gasteiger charge is -2.30. The van der Waals surface area contributed by atoms with Gasteiger partial charge in [-0.1, -0.05) is 28.1 Å². The minimum absolute atomic E-state index is 0.318. The van der Waals surface area contributed by atoms with E-state index in [2.05, 4.69) is 26.0 Å². The molecule has 1 atom stereocenters. The maximum atomic E-state index is 14.4. The second-order valence-electron chi connectivity index (χ2n) is 6.08. The molecule has 0 bridgehead atoms. The molecule has 0 aromatic heterocycles. The van der Waals surface area contributed by atoms with Crippen molar-refractivity contribution >= 4 is 22.4 Å². The average molecular weight is 360 g/mol. The molecule has 1 unspecified atom stereocenters. The second kappa shape index (κ2) is 7.90. The van der Waals surface area contributed by atoms with E-state index in [1.165, 1.54) is 0 Å². The van der Waals surface area contributed by atoms with Crippen molar-refractivity contribution in [3.63, 3.8) is 0 Å². The molecule has 5 heteroatoms. The summed E-state index contributed by atoms with van der Waals surface area (Å²) in [4.78, 5) is 9.60. The van der Waals surface area contributed by atoms with E-state index in [9.17, 15) is 9.18 Å². The molecular formula is C16H23BrFNO2. The number of hydrogen-bond donors (Lipinski definition) is 1. The first kappa shape index (κ1) is 18.1. The minimum Gasteiger partial charge on any atom is -0.462 e. The Balaban J connectivity index is 0.000000270. The van der Waals surface area contributed by atoms with Gasteiger partial charge in [-0.3, -0.25) is 4.79 Å². The van der Waals surface area contributed by atoms with E-state index >= 15 is 0 Å². The Bertz CT molecular complexity index is 437. The zero-order valence-corrected chi connectivity index (χ0v) is 14.4. The number of carbonyl (C=O) groups excluding carboxylic acids is 1. The summed E-state index contributed by atoms with van der Waals surface area (Å²) in [6, 6.07) is 7.50. The predicted octanol–water partition coefficient (Wildman–Crippen LogP) is 3.96. The van der Waals surface area contributed by atoms with Gasteiger partial charge in [-0.15, -0.1) is 0 Å². The molecule has 1 aliphatic rings. The van der Waals surface area contributed by atoms with Crippen molar-refractivity contribution < 1.29 is 13.9 Å². The Labute approximate surface area is 134 Å². The van der Waals surface area contributed by atoms with Crippen molar-refractivity contribution in [3.05, 3.63) is 34.3 Å². The van der Waals surface area contributed by atoms with E-state index < -0.39 is 5.67 Å². The highest BCUT2D eigenvalue weighted by Gasteiger charge is 2.33. The van der Waals surface area contributed by atoms with Crippen LogP contribution >= 0.6 is 15.9 Å². The third-order valence-electron chi connectivity index (χ3n) is 3.10. The summed E-state index contributed by atoms with van der Waals surface area (Å²) in [5.74, 6) is 0. The average Bonchev–Trinajstić information content (AvgIpc) is 2.39. The monoisotopic (exact) mass is 359 g/mol. The maximum Gasteiger partial charge on any atom is 0.293 e. The van der Waals surface area contributed by atoms with Crippen LogP contribution in [0.5, 0.6) is 0 Å². The lowest BCUT2D eigenvalue weighted by molar-refractivity contribution is -0.138. The van der Waals surface area contributed by atoms with Gasteiger partial charge in [0.15, 0.2) is 0 Å². The van der Waals surface area contributed by atoms with Crippen LogP contribution in [-0.4, -0.2) is 25.2 Å². The summed E-state index contributed by atoms with van der Waals surface area (Å²) < 4.78 is 19.9. The fourth-order valence-corrected chi connectivity index (χ4v) is 2.27. The fraction of sp³-hybridized carbons (Fsp3) is 0.562. The largest absolute Gasteiger partial charge is 0.462 e. The van der Waals surface area contributed by atoms with Crippen LogP contribution in [0.3, 0.4) is 0 Å². The molecule has 21 heavy (non-hydrogen) atoms. The SMILES string of the molecule is CC(C)(C)OC=O.FC1(c2ccc(Br)cc2)CCCNC1. The normalized spacial score (nSPS) is 22.0. The molecule has 0 spiro atoms. The van der Waals surface area contributed by atoms with Gasteiger partial charge in [0.25, 0.3) is 6.47 Å². The van der Waals surface area contributed by atoms with Crippen molar-refractivity contribution in [2.45, 2.75) is 44.9 Å². The van der Waals surface area contributed by atoms with Crippen LogP contribution in [0.2, 0.25) is 0 Å². The van der Waals surface area contributed by atoms with Gasteiger partial charge >= 0.3 is 0 Å². The van der Waals surface area contributed by atoms with Crippen LogP contribution in [0.15, 0.2) is 28.7 Å². The first-order chi connectivity index (χ1) is 9.77. The van der Waals surface area contributed by atoms with Gasteiger partial charge < -0.3 is 10.1 Å². The Morgan fingerprint density at radius 1 is 1.33 bits per heavy atom. The quantitative estimate of drug-likeness (QED) is 0.812. The van der Waals surface area contributed by atoms with Gasteiger partial charge in [-0.25, -0.2) is 4.39 Å². The number of halogens is 2. The summed E-state index contributed by atoms with van der Waals surface area (Å²) in [7, 11) is 0. The van der Waals surface area contributed by atoms with E-state index in [0.29, 0.717) is 19.4 Å². The fourth-order valence-electron chi connectivity index (χ4n) is 2.01. The number of hydrogen-bond acceptors (Lipinski definition) is 3. The number of rotatable bonds is 2. The summed E-state index contributed by atoms with van der Waals surface area (Å²) in [6.45, 7) is 7.29. The molecule has 0 aliphatic carbocycles. The molecular weight excluding hydrogens is 337 g/mol. The Morgan fingerprint density at radius 3 is 2.33 bits per heavy atom. The van der Waals surface area contributed by atoms with Crippen molar-refractivity contribution in [2.75, 3.05) is 13.1 Å². The molecule has 1 N–H and O–H groups in total. The third-order valence-corrected chi connectivity index (χ3v) is 3.62. The summed E-state index contributed by atoms with van der Waals surface area (Å²) in [5.41, 5.74) is -0.700. The van der Waals surface area contributed by atoms with E-state index in [0.717, 1.165) is 23.0 Å².